The third-order valence-electron chi connectivity index (χ3n) is 8.48. The number of nitrogens with one attached hydrogen (secondary N) is 2. The molecule has 1 atom stereocenters. The van der Waals surface area contributed by atoms with Crippen LogP contribution in [0.25, 0.3) is 16.5 Å². The van der Waals surface area contributed by atoms with E-state index in [0.717, 1.165) is 12.0 Å². The first-order valence-electron chi connectivity index (χ1n) is 15.7. The van der Waals surface area contributed by atoms with E-state index in [0.29, 0.717) is 66.3 Å². The maximum Gasteiger partial charge on any atom is 0.263 e. The van der Waals surface area contributed by atoms with Gasteiger partial charge in [0.1, 0.15) is 5.82 Å². The molecule has 2 N–H and O–H groups in total. The quantitative estimate of drug-likeness (QED) is 0.229. The molecule has 6 rings (SSSR count). The van der Waals surface area contributed by atoms with Crippen molar-refractivity contribution in [1.29, 1.82) is 0 Å². The van der Waals surface area contributed by atoms with Crippen LogP contribution in [0.4, 0.5) is 5.82 Å². The predicted octanol–water partition coefficient (Wildman–Crippen LogP) is 5.02. The normalized spacial score (nSPS) is 14.5. The summed E-state index contributed by atoms with van der Waals surface area (Å²) in [6, 6.07) is 32.1. The number of rotatable bonds is 10. The van der Waals surface area contributed by atoms with E-state index in [-0.39, 0.29) is 30.0 Å². The number of amides is 2. The Morgan fingerprint density at radius 3 is 2.09 bits per heavy atom. The lowest BCUT2D eigenvalue weighted by atomic mass is 9.99. The minimum Gasteiger partial charge on any atom is -0.345 e. The summed E-state index contributed by atoms with van der Waals surface area (Å²) in [7, 11) is 0. The van der Waals surface area contributed by atoms with Gasteiger partial charge in [0, 0.05) is 55.4 Å². The molecule has 0 unspecified atom stereocenters. The van der Waals surface area contributed by atoms with Crippen LogP contribution in [0.3, 0.4) is 0 Å². The Hall–Kier alpha value is -5.12. The van der Waals surface area contributed by atoms with Gasteiger partial charge in [0.2, 0.25) is 5.91 Å². The average Bonchev–Trinajstić information content (AvgIpc) is 3.09. The van der Waals surface area contributed by atoms with Gasteiger partial charge in [0.25, 0.3) is 11.5 Å². The summed E-state index contributed by atoms with van der Waals surface area (Å²) in [5.41, 5.74) is 2.74. The zero-order valence-corrected chi connectivity index (χ0v) is 25.9. The highest BCUT2D eigenvalue weighted by molar-refractivity contribution is 6.08. The summed E-state index contributed by atoms with van der Waals surface area (Å²) < 4.78 is 1.70. The number of hydrogen-bond donors (Lipinski definition) is 2. The second-order valence-corrected chi connectivity index (χ2v) is 11.5. The maximum absolute atomic E-state index is 14.4. The SMILES string of the molecule is CC[C@H](NC(=O)c1c(CN2CCN(CC(=O)Nc3ccccn3)CC2)n(-c2ccccc2)c(=O)c2ccccc12)c1ccccc1. The number of carbonyl (C=O) groups excluding carboxylic acids is 2. The van der Waals surface area contributed by atoms with Gasteiger partial charge in [-0.1, -0.05) is 79.7 Å². The number of nitrogens with zero attached hydrogens (tertiary/aromatic N) is 4. The van der Waals surface area contributed by atoms with Crippen LogP contribution in [0.5, 0.6) is 0 Å². The number of para-hydroxylation sites is 1. The Morgan fingerprint density at radius 1 is 0.783 bits per heavy atom. The van der Waals surface area contributed by atoms with Gasteiger partial charge in [-0.25, -0.2) is 4.98 Å². The fraction of sp³-hybridized carbons (Fsp3) is 0.243. The third kappa shape index (κ3) is 6.91. The fourth-order valence-corrected chi connectivity index (χ4v) is 6.13. The van der Waals surface area contributed by atoms with Gasteiger partial charge in [-0.3, -0.25) is 28.8 Å². The number of benzene rings is 3. The van der Waals surface area contributed by atoms with Crippen molar-refractivity contribution in [3.05, 3.63) is 136 Å². The second kappa shape index (κ2) is 14.3. The Morgan fingerprint density at radius 2 is 1.41 bits per heavy atom. The summed E-state index contributed by atoms with van der Waals surface area (Å²) in [6.45, 7) is 5.41. The van der Waals surface area contributed by atoms with Crippen LogP contribution in [0.1, 0.15) is 41.0 Å². The van der Waals surface area contributed by atoms with Crippen LogP contribution < -0.4 is 16.2 Å². The van der Waals surface area contributed by atoms with Gasteiger partial charge >= 0.3 is 0 Å². The molecule has 1 aliphatic heterocycles. The molecule has 234 valence electrons. The zero-order chi connectivity index (χ0) is 31.9. The minimum absolute atomic E-state index is 0.109. The lowest BCUT2D eigenvalue weighted by Gasteiger charge is -2.35. The summed E-state index contributed by atoms with van der Waals surface area (Å²) in [5, 5.41) is 7.27. The molecule has 1 aliphatic rings. The minimum atomic E-state index is -0.212. The molecule has 1 saturated heterocycles. The second-order valence-electron chi connectivity index (χ2n) is 11.5. The molecular formula is C37H38N6O3. The molecule has 0 aliphatic carbocycles. The van der Waals surface area contributed by atoms with E-state index >= 15 is 0 Å². The van der Waals surface area contributed by atoms with Crippen molar-refractivity contribution < 1.29 is 9.59 Å². The Balaban J connectivity index is 1.31. The molecule has 9 nitrogen and oxygen atoms in total. The smallest absolute Gasteiger partial charge is 0.263 e. The van der Waals surface area contributed by atoms with Crippen LogP contribution in [0.2, 0.25) is 0 Å². The first-order valence-corrected chi connectivity index (χ1v) is 15.7. The van der Waals surface area contributed by atoms with Crippen molar-refractivity contribution >= 4 is 28.4 Å². The summed E-state index contributed by atoms with van der Waals surface area (Å²) in [5.74, 6) is 0.212. The molecule has 3 heterocycles. The number of carbonyl (C=O) groups is 2. The van der Waals surface area contributed by atoms with E-state index in [2.05, 4.69) is 32.3 Å². The van der Waals surface area contributed by atoms with Crippen LogP contribution in [0, 0.1) is 0 Å². The average molecular weight is 615 g/mol. The molecule has 5 aromatic rings. The van der Waals surface area contributed by atoms with E-state index in [1.165, 1.54) is 0 Å². The van der Waals surface area contributed by atoms with Gasteiger partial charge in [-0.2, -0.15) is 0 Å². The number of anilines is 1. The van der Waals surface area contributed by atoms with Crippen LogP contribution in [-0.4, -0.2) is 63.9 Å². The van der Waals surface area contributed by atoms with E-state index in [1.54, 1.807) is 22.9 Å². The van der Waals surface area contributed by atoms with Crippen LogP contribution >= 0.6 is 0 Å². The van der Waals surface area contributed by atoms with Gasteiger partial charge in [-0.05, 0) is 42.3 Å². The monoisotopic (exact) mass is 614 g/mol. The summed E-state index contributed by atoms with van der Waals surface area (Å²) in [6.07, 6.45) is 2.37. The standard InChI is InChI=1S/C37H38N6O3/c1-2-31(27-13-5-3-6-14-27)39-36(45)35-29-17-9-10-18-30(29)37(46)43(28-15-7-4-8-16-28)32(35)25-41-21-23-42(24-22-41)26-34(44)40-33-19-11-12-20-38-33/h3-20,31H,2,21-26H2,1H3,(H,39,45)(H,38,40,44)/t31-/m0/s1. The molecule has 3 aromatic carbocycles. The highest BCUT2D eigenvalue weighted by Gasteiger charge is 2.27. The molecule has 0 saturated carbocycles. The van der Waals surface area contributed by atoms with E-state index in [1.807, 2.05) is 91.0 Å². The molecule has 1 fully saturated rings. The topological polar surface area (TPSA) is 99.6 Å². The highest BCUT2D eigenvalue weighted by Crippen LogP contribution is 2.26. The van der Waals surface area contributed by atoms with E-state index in [4.69, 9.17) is 0 Å². The lowest BCUT2D eigenvalue weighted by Crippen LogP contribution is -2.49. The first kappa shape index (κ1) is 30.9. The van der Waals surface area contributed by atoms with Crippen molar-refractivity contribution in [1.82, 2.24) is 24.7 Å². The molecule has 2 amide bonds. The Labute approximate surface area is 268 Å². The molecular weight excluding hydrogens is 576 g/mol. The van der Waals surface area contributed by atoms with Gasteiger partial charge in [0.05, 0.1) is 23.8 Å². The molecule has 0 spiro atoms. The van der Waals surface area contributed by atoms with Gasteiger partial charge in [0.15, 0.2) is 0 Å². The highest BCUT2D eigenvalue weighted by atomic mass is 16.2. The number of piperazine rings is 1. The van der Waals surface area contributed by atoms with Crippen molar-refractivity contribution in [2.45, 2.75) is 25.9 Å². The van der Waals surface area contributed by atoms with E-state index in [9.17, 15) is 14.4 Å². The molecule has 9 heteroatoms. The first-order chi connectivity index (χ1) is 22.5. The zero-order valence-electron chi connectivity index (χ0n) is 25.9. The number of fused-ring (bicyclic) bond motifs is 1. The number of pyridine rings is 2. The fourth-order valence-electron chi connectivity index (χ4n) is 6.13. The number of hydrogen-bond acceptors (Lipinski definition) is 6. The Bertz CT molecular complexity index is 1850. The van der Waals surface area contributed by atoms with Crippen molar-refractivity contribution in [2.24, 2.45) is 0 Å². The maximum atomic E-state index is 14.4. The third-order valence-corrected chi connectivity index (χ3v) is 8.48. The Kier molecular flexibility index (Phi) is 9.62. The summed E-state index contributed by atoms with van der Waals surface area (Å²) >= 11 is 0. The number of aromatic nitrogens is 2. The van der Waals surface area contributed by atoms with Crippen LogP contribution in [0.15, 0.2) is 114 Å². The van der Waals surface area contributed by atoms with Crippen molar-refractivity contribution in [3.63, 3.8) is 0 Å². The van der Waals surface area contributed by atoms with E-state index < -0.39 is 0 Å². The van der Waals surface area contributed by atoms with Crippen molar-refractivity contribution in [3.8, 4) is 5.69 Å². The van der Waals surface area contributed by atoms with Gasteiger partial charge < -0.3 is 10.6 Å². The molecule has 0 radical (unpaired) electrons. The van der Waals surface area contributed by atoms with Crippen molar-refractivity contribution in [2.75, 3.05) is 38.0 Å². The molecule has 2 aromatic heterocycles. The molecule has 0 bridgehead atoms. The lowest BCUT2D eigenvalue weighted by molar-refractivity contribution is -0.117. The summed E-state index contributed by atoms with van der Waals surface area (Å²) in [4.78, 5) is 49.7. The largest absolute Gasteiger partial charge is 0.345 e. The molecule has 46 heavy (non-hydrogen) atoms. The predicted molar refractivity (Wildman–Crippen MR) is 181 cm³/mol. The van der Waals surface area contributed by atoms with Gasteiger partial charge in [-0.15, -0.1) is 0 Å². The van der Waals surface area contributed by atoms with Crippen LogP contribution in [-0.2, 0) is 11.3 Å².